The fourth-order valence-electron chi connectivity index (χ4n) is 3.58. The highest BCUT2D eigenvalue weighted by atomic mass is 35.5. The van der Waals surface area contributed by atoms with Crippen molar-refractivity contribution in [3.63, 3.8) is 0 Å². The quantitative estimate of drug-likeness (QED) is 0.391. The lowest BCUT2D eigenvalue weighted by molar-refractivity contribution is -0.140. The molecule has 0 fully saturated rings. The number of likely N-dealkylation sites (N-methyl/N-ethyl adjacent to an activating group) is 1. The standard InChI is InChI=1S/C26H25Cl3N2O2/c1-2-30-26(33)24(15-18-7-4-3-5-8-18)31(17-21-22(28)9-6-10-23(21)29)25(32)16-19-11-13-20(27)14-12-19/h3-14,24H,2,15-17H2,1H3,(H,30,33)/t24-/m1/s1. The van der Waals surface area contributed by atoms with Crippen LogP contribution in [-0.2, 0) is 29.0 Å². The molecule has 172 valence electrons. The van der Waals surface area contributed by atoms with Crippen molar-refractivity contribution in [1.29, 1.82) is 0 Å². The first-order valence-corrected chi connectivity index (χ1v) is 11.8. The Hall–Kier alpha value is -2.53. The Balaban J connectivity index is 1.99. The minimum atomic E-state index is -0.737. The zero-order chi connectivity index (χ0) is 23.8. The van der Waals surface area contributed by atoms with Crippen LogP contribution in [0.15, 0.2) is 72.8 Å². The second kappa shape index (κ2) is 12.1. The number of carbonyl (C=O) groups excluding carboxylic acids is 2. The van der Waals surface area contributed by atoms with Gasteiger partial charge in [-0.05, 0) is 42.3 Å². The normalized spacial score (nSPS) is 11.6. The number of hydrogen-bond donors (Lipinski definition) is 1. The van der Waals surface area contributed by atoms with Crippen molar-refractivity contribution >= 4 is 46.6 Å². The maximum atomic E-state index is 13.6. The number of benzene rings is 3. The number of hydrogen-bond acceptors (Lipinski definition) is 2. The van der Waals surface area contributed by atoms with E-state index in [2.05, 4.69) is 5.32 Å². The fourth-order valence-corrected chi connectivity index (χ4v) is 4.22. The Morgan fingerprint density at radius 1 is 0.848 bits per heavy atom. The Morgan fingerprint density at radius 2 is 1.48 bits per heavy atom. The van der Waals surface area contributed by atoms with Crippen LogP contribution in [0.1, 0.15) is 23.6 Å². The van der Waals surface area contributed by atoms with Crippen LogP contribution in [0.2, 0.25) is 15.1 Å². The van der Waals surface area contributed by atoms with E-state index in [1.807, 2.05) is 37.3 Å². The number of amides is 2. The summed E-state index contributed by atoms with van der Waals surface area (Å²) < 4.78 is 0. The molecule has 2 amide bonds. The smallest absolute Gasteiger partial charge is 0.243 e. The van der Waals surface area contributed by atoms with Crippen LogP contribution >= 0.6 is 34.8 Å². The molecule has 33 heavy (non-hydrogen) atoms. The molecule has 1 N–H and O–H groups in total. The Morgan fingerprint density at radius 3 is 2.09 bits per heavy atom. The topological polar surface area (TPSA) is 49.4 Å². The van der Waals surface area contributed by atoms with Gasteiger partial charge >= 0.3 is 0 Å². The summed E-state index contributed by atoms with van der Waals surface area (Å²) in [6.45, 7) is 2.41. The Labute approximate surface area is 209 Å². The van der Waals surface area contributed by atoms with Gasteiger partial charge in [-0.2, -0.15) is 0 Å². The largest absolute Gasteiger partial charge is 0.355 e. The van der Waals surface area contributed by atoms with Gasteiger partial charge in [0.15, 0.2) is 0 Å². The summed E-state index contributed by atoms with van der Waals surface area (Å²) in [5.74, 6) is -0.436. The van der Waals surface area contributed by atoms with Gasteiger partial charge in [0.1, 0.15) is 6.04 Å². The zero-order valence-corrected chi connectivity index (χ0v) is 20.5. The third-order valence-corrected chi connectivity index (χ3v) is 6.24. The minimum Gasteiger partial charge on any atom is -0.355 e. The molecule has 1 atom stereocenters. The van der Waals surface area contributed by atoms with Crippen molar-refractivity contribution in [2.75, 3.05) is 6.54 Å². The maximum absolute atomic E-state index is 13.6. The second-order valence-corrected chi connectivity index (χ2v) is 8.88. The van der Waals surface area contributed by atoms with Gasteiger partial charge < -0.3 is 10.2 Å². The summed E-state index contributed by atoms with van der Waals surface area (Å²) in [5, 5.41) is 4.36. The molecule has 0 aliphatic heterocycles. The maximum Gasteiger partial charge on any atom is 0.243 e. The molecule has 0 aliphatic rings. The SMILES string of the molecule is CCNC(=O)[C@@H](Cc1ccccc1)N(Cc1c(Cl)cccc1Cl)C(=O)Cc1ccc(Cl)cc1. The predicted molar refractivity (Wildman–Crippen MR) is 135 cm³/mol. The second-order valence-electron chi connectivity index (χ2n) is 7.63. The molecule has 0 radical (unpaired) electrons. The van der Waals surface area contributed by atoms with Crippen molar-refractivity contribution in [3.8, 4) is 0 Å². The van der Waals surface area contributed by atoms with Gasteiger partial charge in [-0.15, -0.1) is 0 Å². The van der Waals surface area contributed by atoms with E-state index in [-0.39, 0.29) is 24.8 Å². The number of nitrogens with zero attached hydrogens (tertiary/aromatic N) is 1. The highest BCUT2D eigenvalue weighted by Crippen LogP contribution is 2.27. The molecule has 0 heterocycles. The first kappa shape index (κ1) is 25.1. The van der Waals surface area contributed by atoms with Crippen LogP contribution in [0.5, 0.6) is 0 Å². The van der Waals surface area contributed by atoms with Crippen LogP contribution in [-0.4, -0.2) is 29.3 Å². The van der Waals surface area contributed by atoms with E-state index in [0.29, 0.717) is 33.6 Å². The first-order valence-electron chi connectivity index (χ1n) is 10.7. The zero-order valence-electron chi connectivity index (χ0n) is 18.2. The van der Waals surface area contributed by atoms with E-state index in [1.54, 1.807) is 47.4 Å². The first-order chi connectivity index (χ1) is 15.9. The molecule has 0 unspecified atom stereocenters. The number of carbonyl (C=O) groups is 2. The van der Waals surface area contributed by atoms with Crippen molar-refractivity contribution in [3.05, 3.63) is 105 Å². The molecular formula is C26H25Cl3N2O2. The van der Waals surface area contributed by atoms with Crippen molar-refractivity contribution < 1.29 is 9.59 Å². The van der Waals surface area contributed by atoms with Crippen LogP contribution in [0, 0.1) is 0 Å². The average molecular weight is 504 g/mol. The minimum absolute atomic E-state index is 0.111. The molecular weight excluding hydrogens is 479 g/mol. The Kier molecular flexibility index (Phi) is 9.19. The lowest BCUT2D eigenvalue weighted by atomic mass is 10.0. The van der Waals surface area contributed by atoms with Gasteiger partial charge in [-0.3, -0.25) is 9.59 Å². The lowest BCUT2D eigenvalue weighted by Crippen LogP contribution is -2.51. The highest BCUT2D eigenvalue weighted by Gasteiger charge is 2.31. The summed E-state index contributed by atoms with van der Waals surface area (Å²) in [6, 6.07) is 21.2. The molecule has 0 bridgehead atoms. The summed E-state index contributed by atoms with van der Waals surface area (Å²) in [4.78, 5) is 28.3. The molecule has 0 saturated heterocycles. The van der Waals surface area contributed by atoms with Crippen LogP contribution in [0.4, 0.5) is 0 Å². The summed E-state index contributed by atoms with van der Waals surface area (Å²) in [6.07, 6.45) is 0.477. The van der Waals surface area contributed by atoms with Gasteiger partial charge in [0.05, 0.1) is 6.42 Å². The fraction of sp³-hybridized carbons (Fsp3) is 0.231. The van der Waals surface area contributed by atoms with Crippen molar-refractivity contribution in [2.24, 2.45) is 0 Å². The van der Waals surface area contributed by atoms with Crippen LogP contribution in [0.25, 0.3) is 0 Å². The third kappa shape index (κ3) is 6.97. The van der Waals surface area contributed by atoms with E-state index < -0.39 is 6.04 Å². The van der Waals surface area contributed by atoms with E-state index >= 15 is 0 Å². The summed E-state index contributed by atoms with van der Waals surface area (Å²) >= 11 is 18.8. The van der Waals surface area contributed by atoms with Gasteiger partial charge in [0.2, 0.25) is 11.8 Å². The Bertz CT molecular complexity index is 1070. The molecule has 4 nitrogen and oxygen atoms in total. The van der Waals surface area contributed by atoms with Gasteiger partial charge in [0.25, 0.3) is 0 Å². The van der Waals surface area contributed by atoms with E-state index in [1.165, 1.54) is 0 Å². The highest BCUT2D eigenvalue weighted by molar-refractivity contribution is 6.36. The molecule has 3 rings (SSSR count). The molecule has 3 aromatic rings. The summed E-state index contributed by atoms with van der Waals surface area (Å²) in [5.41, 5.74) is 2.35. The van der Waals surface area contributed by atoms with Crippen LogP contribution < -0.4 is 5.32 Å². The lowest BCUT2D eigenvalue weighted by Gasteiger charge is -2.32. The van der Waals surface area contributed by atoms with Gasteiger partial charge in [0, 0.05) is 40.1 Å². The molecule has 7 heteroatoms. The number of halogens is 3. The third-order valence-electron chi connectivity index (χ3n) is 5.28. The predicted octanol–water partition coefficient (Wildman–Crippen LogP) is 5.97. The molecule has 0 saturated carbocycles. The molecule has 0 aromatic heterocycles. The number of nitrogens with one attached hydrogen (secondary N) is 1. The van der Waals surface area contributed by atoms with E-state index in [9.17, 15) is 9.59 Å². The van der Waals surface area contributed by atoms with Crippen LogP contribution in [0.3, 0.4) is 0 Å². The molecule has 0 spiro atoms. The van der Waals surface area contributed by atoms with Crippen molar-refractivity contribution in [2.45, 2.75) is 32.4 Å². The van der Waals surface area contributed by atoms with Gasteiger partial charge in [-0.25, -0.2) is 0 Å². The van der Waals surface area contributed by atoms with E-state index in [0.717, 1.165) is 11.1 Å². The van der Waals surface area contributed by atoms with Crippen molar-refractivity contribution in [1.82, 2.24) is 10.2 Å². The van der Waals surface area contributed by atoms with Gasteiger partial charge in [-0.1, -0.05) is 83.3 Å². The van der Waals surface area contributed by atoms with E-state index in [4.69, 9.17) is 34.8 Å². The number of rotatable bonds is 9. The molecule has 3 aromatic carbocycles. The average Bonchev–Trinajstić information content (AvgIpc) is 2.80. The molecule has 0 aliphatic carbocycles. The monoisotopic (exact) mass is 502 g/mol. The summed E-state index contributed by atoms with van der Waals surface area (Å²) in [7, 11) is 0.